The van der Waals surface area contributed by atoms with Crippen LogP contribution in [-0.4, -0.2) is 69.5 Å². The average Bonchev–Trinajstić information content (AvgIpc) is 3.42. The van der Waals surface area contributed by atoms with Crippen LogP contribution in [0.3, 0.4) is 0 Å². The van der Waals surface area contributed by atoms with E-state index >= 15 is 0 Å². The number of amides is 3. The zero-order valence-electron chi connectivity index (χ0n) is 21.2. The lowest BCUT2D eigenvalue weighted by Crippen LogP contribution is -2.57. The van der Waals surface area contributed by atoms with Crippen molar-refractivity contribution in [1.82, 2.24) is 20.1 Å². The Bertz CT molecular complexity index is 1100. The SMILES string of the molecule is CC(C)(C)OC(=O)N[C@H]1CCCC[C@H]2CC[C@@H](C(=O)N3C[C@H](c4cc[nH]c(=O)c4)[C@@H](C#N)C3)N2C1=O. The highest BCUT2D eigenvalue weighted by Gasteiger charge is 2.47. The normalized spacial score (nSPS) is 28.6. The van der Waals surface area contributed by atoms with Gasteiger partial charge in [0.25, 0.3) is 0 Å². The second-order valence-electron chi connectivity index (χ2n) is 11.0. The maximum atomic E-state index is 13.7. The summed E-state index contributed by atoms with van der Waals surface area (Å²) in [7, 11) is 0. The van der Waals surface area contributed by atoms with Crippen LogP contribution < -0.4 is 10.9 Å². The maximum absolute atomic E-state index is 13.7. The molecule has 0 spiro atoms. The number of nitrogens with one attached hydrogen (secondary N) is 2. The number of hydrogen-bond acceptors (Lipinski definition) is 6. The Morgan fingerprint density at radius 3 is 2.58 bits per heavy atom. The number of carbonyl (C=O) groups is 3. The molecule has 0 saturated carbocycles. The van der Waals surface area contributed by atoms with Crippen molar-refractivity contribution in [3.05, 3.63) is 34.2 Å². The van der Waals surface area contributed by atoms with Crippen molar-refractivity contribution >= 4 is 17.9 Å². The molecule has 36 heavy (non-hydrogen) atoms. The van der Waals surface area contributed by atoms with Gasteiger partial charge in [-0.1, -0.05) is 12.8 Å². The van der Waals surface area contributed by atoms with Crippen LogP contribution in [0.4, 0.5) is 4.79 Å². The van der Waals surface area contributed by atoms with Crippen LogP contribution >= 0.6 is 0 Å². The number of fused-ring (bicyclic) bond motifs is 1. The molecule has 3 amide bonds. The molecule has 0 unspecified atom stereocenters. The summed E-state index contributed by atoms with van der Waals surface area (Å²) in [6.07, 6.45) is 5.23. The molecule has 0 aliphatic carbocycles. The number of aromatic amines is 1. The molecule has 5 atom stereocenters. The molecule has 194 valence electrons. The minimum absolute atomic E-state index is 0.0486. The number of nitrogens with zero attached hydrogens (tertiary/aromatic N) is 3. The predicted molar refractivity (Wildman–Crippen MR) is 131 cm³/mol. The van der Waals surface area contributed by atoms with E-state index in [9.17, 15) is 24.4 Å². The minimum atomic E-state index is -0.745. The van der Waals surface area contributed by atoms with Gasteiger partial charge in [-0.2, -0.15) is 5.26 Å². The van der Waals surface area contributed by atoms with Crippen molar-refractivity contribution < 1.29 is 19.1 Å². The van der Waals surface area contributed by atoms with Crippen molar-refractivity contribution in [2.75, 3.05) is 13.1 Å². The van der Waals surface area contributed by atoms with Crippen molar-refractivity contribution in [2.45, 2.75) is 88.9 Å². The van der Waals surface area contributed by atoms with Crippen molar-refractivity contribution in [3.63, 3.8) is 0 Å². The summed E-state index contributed by atoms with van der Waals surface area (Å²) in [4.78, 5) is 57.5. The minimum Gasteiger partial charge on any atom is -0.444 e. The number of rotatable bonds is 3. The van der Waals surface area contributed by atoms with Gasteiger partial charge in [0, 0.05) is 37.3 Å². The van der Waals surface area contributed by atoms with E-state index < -0.39 is 29.7 Å². The van der Waals surface area contributed by atoms with Crippen LogP contribution in [-0.2, 0) is 14.3 Å². The Morgan fingerprint density at radius 1 is 1.14 bits per heavy atom. The summed E-state index contributed by atoms with van der Waals surface area (Å²) >= 11 is 0. The smallest absolute Gasteiger partial charge is 0.408 e. The van der Waals surface area contributed by atoms with Crippen LogP contribution in [0.25, 0.3) is 0 Å². The Labute approximate surface area is 211 Å². The number of ether oxygens (including phenoxy) is 1. The first-order valence-electron chi connectivity index (χ1n) is 12.8. The average molecular weight is 498 g/mol. The van der Waals surface area contributed by atoms with Gasteiger partial charge in [0.1, 0.15) is 17.7 Å². The van der Waals surface area contributed by atoms with E-state index in [1.54, 1.807) is 42.8 Å². The van der Waals surface area contributed by atoms with Gasteiger partial charge < -0.3 is 24.8 Å². The first-order chi connectivity index (χ1) is 17.1. The number of likely N-dealkylation sites (tertiary alicyclic amines) is 1. The molecular formula is C26H35N5O5. The number of carbonyl (C=O) groups excluding carboxylic acids is 3. The molecule has 1 aromatic rings. The molecule has 3 fully saturated rings. The number of nitriles is 1. The Hall–Kier alpha value is -3.35. The van der Waals surface area contributed by atoms with Crippen LogP contribution in [0.1, 0.15) is 70.8 Å². The van der Waals surface area contributed by atoms with Gasteiger partial charge in [0.05, 0.1) is 12.0 Å². The van der Waals surface area contributed by atoms with Gasteiger partial charge in [-0.25, -0.2) is 4.79 Å². The molecule has 0 bridgehead atoms. The van der Waals surface area contributed by atoms with Crippen molar-refractivity contribution in [3.8, 4) is 6.07 Å². The summed E-state index contributed by atoms with van der Waals surface area (Å²) in [6.45, 7) is 5.88. The Balaban J connectivity index is 1.51. The van der Waals surface area contributed by atoms with Crippen LogP contribution in [0.5, 0.6) is 0 Å². The Kier molecular flexibility index (Phi) is 7.38. The highest BCUT2D eigenvalue weighted by atomic mass is 16.6. The summed E-state index contributed by atoms with van der Waals surface area (Å²) in [5, 5.41) is 12.5. The highest BCUT2D eigenvalue weighted by Crippen LogP contribution is 2.36. The zero-order valence-corrected chi connectivity index (χ0v) is 21.2. The fourth-order valence-corrected chi connectivity index (χ4v) is 5.71. The third-order valence-corrected chi connectivity index (χ3v) is 7.34. The monoisotopic (exact) mass is 497 g/mol. The van der Waals surface area contributed by atoms with Gasteiger partial charge in [0.15, 0.2) is 0 Å². The predicted octanol–water partition coefficient (Wildman–Crippen LogP) is 2.27. The standard InChI is InChI=1S/C26H35N5O5/c1-26(2,3)36-25(35)29-20-7-5-4-6-18-8-9-21(31(18)23(20)33)24(34)30-14-17(13-27)19(15-30)16-10-11-28-22(32)12-16/h10-12,17-21H,4-9,14-15H2,1-3H3,(H,28,32)(H,29,35)/t17-,18-,19+,20-,21-/m0/s1. The third-order valence-electron chi connectivity index (χ3n) is 7.34. The molecule has 1 aromatic heterocycles. The number of aromatic nitrogens is 1. The van der Waals surface area contributed by atoms with Crippen LogP contribution in [0, 0.1) is 17.2 Å². The zero-order chi connectivity index (χ0) is 26.0. The molecule has 3 aliphatic heterocycles. The lowest BCUT2D eigenvalue weighted by atomic mass is 9.91. The summed E-state index contributed by atoms with van der Waals surface area (Å²) in [5.41, 5.74) is -0.201. The largest absolute Gasteiger partial charge is 0.444 e. The van der Waals surface area contributed by atoms with Crippen molar-refractivity contribution in [1.29, 1.82) is 5.26 Å². The summed E-state index contributed by atoms with van der Waals surface area (Å²) in [6, 6.07) is 4.12. The molecule has 10 nitrogen and oxygen atoms in total. The summed E-state index contributed by atoms with van der Waals surface area (Å²) < 4.78 is 5.36. The third kappa shape index (κ3) is 5.55. The fourth-order valence-electron chi connectivity index (χ4n) is 5.71. The van der Waals surface area contributed by atoms with E-state index in [1.807, 2.05) is 0 Å². The maximum Gasteiger partial charge on any atom is 0.408 e. The van der Waals surface area contributed by atoms with Gasteiger partial charge in [-0.15, -0.1) is 0 Å². The van der Waals surface area contributed by atoms with E-state index in [1.165, 1.54) is 6.07 Å². The number of hydrogen-bond donors (Lipinski definition) is 2. The molecule has 0 aromatic carbocycles. The molecular weight excluding hydrogens is 462 g/mol. The van der Waals surface area contributed by atoms with Gasteiger partial charge in [-0.3, -0.25) is 14.4 Å². The van der Waals surface area contributed by atoms with Gasteiger partial charge in [0.2, 0.25) is 17.4 Å². The lowest BCUT2D eigenvalue weighted by Gasteiger charge is -2.36. The van der Waals surface area contributed by atoms with E-state index in [0.717, 1.165) is 31.2 Å². The van der Waals surface area contributed by atoms with Gasteiger partial charge in [-0.05, 0) is 58.1 Å². The highest BCUT2D eigenvalue weighted by molar-refractivity contribution is 5.92. The molecule has 3 saturated heterocycles. The quantitative estimate of drug-likeness (QED) is 0.658. The molecule has 2 N–H and O–H groups in total. The summed E-state index contributed by atoms with van der Waals surface area (Å²) in [5.74, 6) is -1.11. The van der Waals surface area contributed by atoms with Crippen LogP contribution in [0.15, 0.2) is 23.1 Å². The Morgan fingerprint density at radius 2 is 1.89 bits per heavy atom. The topological polar surface area (TPSA) is 136 Å². The number of pyridine rings is 1. The fraction of sp³-hybridized carbons (Fsp3) is 0.654. The molecule has 3 aliphatic rings. The van der Waals surface area contributed by atoms with E-state index in [-0.39, 0.29) is 35.9 Å². The molecule has 10 heteroatoms. The number of alkyl carbamates (subject to hydrolysis) is 1. The lowest BCUT2D eigenvalue weighted by molar-refractivity contribution is -0.146. The molecule has 4 rings (SSSR count). The van der Waals surface area contributed by atoms with Crippen LogP contribution in [0.2, 0.25) is 0 Å². The molecule has 4 heterocycles. The second kappa shape index (κ2) is 10.3. The van der Waals surface area contributed by atoms with Gasteiger partial charge >= 0.3 is 6.09 Å². The first kappa shape index (κ1) is 25.7. The number of H-pyrrole nitrogens is 1. The van der Waals surface area contributed by atoms with E-state index in [0.29, 0.717) is 19.4 Å². The van der Waals surface area contributed by atoms with E-state index in [2.05, 4.69) is 16.4 Å². The van der Waals surface area contributed by atoms with Crippen molar-refractivity contribution in [2.24, 2.45) is 5.92 Å². The first-order valence-corrected chi connectivity index (χ1v) is 12.8. The molecule has 0 radical (unpaired) electrons. The van der Waals surface area contributed by atoms with E-state index in [4.69, 9.17) is 4.74 Å². The second-order valence-corrected chi connectivity index (χ2v) is 11.0.